The van der Waals surface area contributed by atoms with Crippen LogP contribution in [0.3, 0.4) is 0 Å². The van der Waals surface area contributed by atoms with Crippen LogP contribution in [-0.4, -0.2) is 25.1 Å². The maximum Gasteiger partial charge on any atom is 0.418 e. The Morgan fingerprint density at radius 3 is 2.50 bits per heavy atom. The van der Waals surface area contributed by atoms with Crippen LogP contribution in [0.2, 0.25) is 0 Å². The monoisotopic (exact) mass is 325 g/mol. The number of rotatable bonds is 6. The lowest BCUT2D eigenvalue weighted by Crippen LogP contribution is -2.31. The molecule has 0 heterocycles. The lowest BCUT2D eigenvalue weighted by molar-refractivity contribution is -0.137. The molecule has 0 aromatic heterocycles. The van der Waals surface area contributed by atoms with Gasteiger partial charge in [-0.15, -0.1) is 11.6 Å². The molecule has 0 fully saturated rings. The van der Waals surface area contributed by atoms with Gasteiger partial charge < -0.3 is 4.90 Å². The second-order valence-electron chi connectivity index (χ2n) is 4.72. The van der Waals surface area contributed by atoms with E-state index in [0.717, 1.165) is 18.2 Å². The van der Waals surface area contributed by atoms with Crippen molar-refractivity contribution < 1.29 is 13.2 Å². The first kappa shape index (κ1) is 17.5. The van der Waals surface area contributed by atoms with Crippen molar-refractivity contribution in [3.05, 3.63) is 29.3 Å². The van der Waals surface area contributed by atoms with Gasteiger partial charge in [-0.1, -0.05) is 6.07 Å². The molecule has 0 bridgehead atoms. The summed E-state index contributed by atoms with van der Waals surface area (Å²) in [5.41, 5.74) is 0.0713. The van der Waals surface area contributed by atoms with Crippen molar-refractivity contribution in [2.24, 2.45) is 0 Å². The lowest BCUT2D eigenvalue weighted by Gasteiger charge is -2.29. The van der Waals surface area contributed by atoms with E-state index in [1.807, 2.05) is 13.2 Å². The molecule has 1 nitrogen and oxygen atoms in total. The fourth-order valence-corrected chi connectivity index (χ4v) is 2.66. The van der Waals surface area contributed by atoms with E-state index in [1.165, 1.54) is 6.07 Å². The van der Waals surface area contributed by atoms with Gasteiger partial charge in [-0.25, -0.2) is 0 Å². The molecule has 1 aromatic rings. The molecule has 0 spiro atoms. The molecule has 0 saturated heterocycles. The summed E-state index contributed by atoms with van der Waals surface area (Å²) in [4.78, 5) is 1.69. The third kappa shape index (κ3) is 4.48. The minimum atomic E-state index is -4.37. The molecule has 1 rings (SSSR count). The summed E-state index contributed by atoms with van der Waals surface area (Å²) in [6, 6.07) is 4.34. The van der Waals surface area contributed by atoms with Crippen LogP contribution in [0.1, 0.15) is 24.5 Å². The number of anilines is 1. The van der Waals surface area contributed by atoms with Crippen LogP contribution in [0.15, 0.2) is 18.2 Å². The Morgan fingerprint density at radius 1 is 1.35 bits per heavy atom. The van der Waals surface area contributed by atoms with E-state index in [4.69, 9.17) is 11.6 Å². The Morgan fingerprint density at radius 2 is 2.00 bits per heavy atom. The summed E-state index contributed by atoms with van der Waals surface area (Å²) in [6.45, 7) is 1.94. The SMILES string of the molecule is CSCCC(C)N(C)c1ccc(CCl)cc1C(F)(F)F. The molecule has 0 radical (unpaired) electrons. The first-order chi connectivity index (χ1) is 9.31. The van der Waals surface area contributed by atoms with E-state index in [-0.39, 0.29) is 17.6 Å². The third-order valence-electron chi connectivity index (χ3n) is 3.30. The summed E-state index contributed by atoms with van der Waals surface area (Å²) >= 11 is 7.32. The fourth-order valence-electron chi connectivity index (χ4n) is 1.92. The van der Waals surface area contributed by atoms with Crippen molar-refractivity contribution in [1.29, 1.82) is 0 Å². The molecular weight excluding hydrogens is 307 g/mol. The normalized spacial score (nSPS) is 13.3. The zero-order valence-electron chi connectivity index (χ0n) is 11.8. The first-order valence-electron chi connectivity index (χ1n) is 6.29. The molecule has 114 valence electrons. The highest BCUT2D eigenvalue weighted by molar-refractivity contribution is 7.98. The minimum absolute atomic E-state index is 0.0467. The van der Waals surface area contributed by atoms with Gasteiger partial charge in [0.05, 0.1) is 5.56 Å². The zero-order chi connectivity index (χ0) is 15.3. The van der Waals surface area contributed by atoms with Crippen molar-refractivity contribution in [2.45, 2.75) is 31.4 Å². The molecule has 0 aliphatic rings. The highest BCUT2D eigenvalue weighted by Crippen LogP contribution is 2.38. The van der Waals surface area contributed by atoms with E-state index >= 15 is 0 Å². The lowest BCUT2D eigenvalue weighted by atomic mass is 10.1. The Labute approximate surface area is 127 Å². The number of thioether (sulfide) groups is 1. The van der Waals surface area contributed by atoms with Gasteiger partial charge in [0, 0.05) is 24.7 Å². The number of nitrogens with zero attached hydrogens (tertiary/aromatic N) is 1. The smallest absolute Gasteiger partial charge is 0.371 e. The standard InChI is InChI=1S/C14H19ClF3NS/c1-10(6-7-20-3)19(2)13-5-4-11(9-15)8-12(13)14(16,17)18/h4-5,8,10H,6-7,9H2,1-3H3. The predicted octanol–water partition coefficient (Wildman–Crippen LogP) is 5.02. The van der Waals surface area contributed by atoms with Gasteiger partial charge in [0.2, 0.25) is 0 Å². The molecule has 20 heavy (non-hydrogen) atoms. The molecule has 0 aliphatic heterocycles. The highest BCUT2D eigenvalue weighted by atomic mass is 35.5. The molecule has 0 amide bonds. The average molecular weight is 326 g/mol. The Bertz CT molecular complexity index is 437. The fraction of sp³-hybridized carbons (Fsp3) is 0.571. The quantitative estimate of drug-likeness (QED) is 0.675. The van der Waals surface area contributed by atoms with Gasteiger partial charge in [0.15, 0.2) is 0 Å². The van der Waals surface area contributed by atoms with Gasteiger partial charge >= 0.3 is 6.18 Å². The van der Waals surface area contributed by atoms with E-state index in [1.54, 1.807) is 29.8 Å². The van der Waals surface area contributed by atoms with Crippen LogP contribution < -0.4 is 4.90 Å². The number of alkyl halides is 4. The molecular formula is C14H19ClF3NS. The zero-order valence-corrected chi connectivity index (χ0v) is 13.4. The van der Waals surface area contributed by atoms with E-state index in [9.17, 15) is 13.2 Å². The van der Waals surface area contributed by atoms with Gasteiger partial charge in [0.1, 0.15) is 0 Å². The third-order valence-corrected chi connectivity index (χ3v) is 4.25. The van der Waals surface area contributed by atoms with Crippen molar-refractivity contribution in [3.63, 3.8) is 0 Å². The Kier molecular flexibility index (Phi) is 6.52. The second-order valence-corrected chi connectivity index (χ2v) is 5.98. The maximum absolute atomic E-state index is 13.2. The van der Waals surface area contributed by atoms with Crippen molar-refractivity contribution >= 4 is 29.1 Å². The number of hydrogen-bond donors (Lipinski definition) is 0. The number of benzene rings is 1. The average Bonchev–Trinajstić information content (AvgIpc) is 2.42. The number of hydrogen-bond acceptors (Lipinski definition) is 2. The van der Waals surface area contributed by atoms with Gasteiger partial charge in [-0.05, 0) is 43.0 Å². The summed E-state index contributed by atoms with van der Waals surface area (Å²) in [6.07, 6.45) is -1.54. The predicted molar refractivity (Wildman–Crippen MR) is 81.9 cm³/mol. The summed E-state index contributed by atoms with van der Waals surface area (Å²) in [5, 5.41) is 0. The Hall–Kier alpha value is -0.550. The second kappa shape index (κ2) is 7.46. The van der Waals surface area contributed by atoms with Crippen LogP contribution in [-0.2, 0) is 12.1 Å². The molecule has 0 saturated carbocycles. The Balaban J connectivity index is 3.10. The van der Waals surface area contributed by atoms with Gasteiger partial charge in [-0.2, -0.15) is 24.9 Å². The summed E-state index contributed by atoms with van der Waals surface area (Å²) < 4.78 is 39.5. The van der Waals surface area contributed by atoms with Crippen LogP contribution >= 0.6 is 23.4 Å². The van der Waals surface area contributed by atoms with E-state index < -0.39 is 11.7 Å². The molecule has 0 aliphatic carbocycles. The van der Waals surface area contributed by atoms with E-state index in [0.29, 0.717) is 5.56 Å². The molecule has 6 heteroatoms. The molecule has 0 N–H and O–H groups in total. The molecule has 1 unspecified atom stereocenters. The van der Waals surface area contributed by atoms with Crippen molar-refractivity contribution in [2.75, 3.05) is 24.0 Å². The first-order valence-corrected chi connectivity index (χ1v) is 8.22. The van der Waals surface area contributed by atoms with E-state index in [2.05, 4.69) is 0 Å². The van der Waals surface area contributed by atoms with Crippen molar-refractivity contribution in [3.8, 4) is 0 Å². The molecule has 1 atom stereocenters. The topological polar surface area (TPSA) is 3.24 Å². The largest absolute Gasteiger partial charge is 0.418 e. The summed E-state index contributed by atoms with van der Waals surface area (Å²) in [7, 11) is 1.70. The van der Waals surface area contributed by atoms with Crippen molar-refractivity contribution in [1.82, 2.24) is 0 Å². The summed E-state index contributed by atoms with van der Waals surface area (Å²) in [5.74, 6) is 1.00. The van der Waals surface area contributed by atoms with Crippen LogP contribution in [0.5, 0.6) is 0 Å². The van der Waals surface area contributed by atoms with Gasteiger partial charge in [-0.3, -0.25) is 0 Å². The number of halogens is 4. The highest BCUT2D eigenvalue weighted by Gasteiger charge is 2.35. The maximum atomic E-state index is 13.2. The van der Waals surface area contributed by atoms with Crippen LogP contribution in [0, 0.1) is 0 Å². The van der Waals surface area contributed by atoms with Crippen LogP contribution in [0.4, 0.5) is 18.9 Å². The molecule has 1 aromatic carbocycles. The minimum Gasteiger partial charge on any atom is -0.371 e. The van der Waals surface area contributed by atoms with Crippen LogP contribution in [0.25, 0.3) is 0 Å². The van der Waals surface area contributed by atoms with Gasteiger partial charge in [0.25, 0.3) is 0 Å².